The molecule has 0 bridgehead atoms. The smallest absolute Gasteiger partial charge is 0.238 e. The SMILES string of the molecule is O=C(CNC1CCCS(=O)(=O)C1)Nc1c(F)cccc1F. The number of rotatable bonds is 4. The van der Waals surface area contributed by atoms with Gasteiger partial charge in [0.05, 0.1) is 18.1 Å². The molecule has 2 N–H and O–H groups in total. The summed E-state index contributed by atoms with van der Waals surface area (Å²) in [6, 6.07) is 2.98. The van der Waals surface area contributed by atoms with Gasteiger partial charge in [-0.05, 0) is 25.0 Å². The molecule has 1 fully saturated rings. The molecule has 1 atom stereocenters. The minimum absolute atomic E-state index is 0.0195. The molecule has 1 amide bonds. The van der Waals surface area contributed by atoms with Crippen molar-refractivity contribution < 1.29 is 22.0 Å². The maximum Gasteiger partial charge on any atom is 0.238 e. The molecular formula is C13H16F2N2O3S. The molecule has 0 spiro atoms. The van der Waals surface area contributed by atoms with Crippen molar-refractivity contribution in [2.24, 2.45) is 0 Å². The molecule has 1 aromatic rings. The molecule has 5 nitrogen and oxygen atoms in total. The first-order chi connectivity index (χ1) is 9.87. The van der Waals surface area contributed by atoms with Crippen LogP contribution in [0.2, 0.25) is 0 Å². The molecular weight excluding hydrogens is 302 g/mol. The number of hydrogen-bond acceptors (Lipinski definition) is 4. The summed E-state index contributed by atoms with van der Waals surface area (Å²) < 4.78 is 49.6. The van der Waals surface area contributed by atoms with E-state index in [1.807, 2.05) is 0 Å². The quantitative estimate of drug-likeness (QED) is 0.871. The molecule has 0 radical (unpaired) electrons. The number of carbonyl (C=O) groups excluding carboxylic acids is 1. The highest BCUT2D eigenvalue weighted by Crippen LogP contribution is 2.17. The lowest BCUT2D eigenvalue weighted by molar-refractivity contribution is -0.115. The highest BCUT2D eigenvalue weighted by atomic mass is 32.2. The van der Waals surface area contributed by atoms with Crippen LogP contribution in [0.5, 0.6) is 0 Å². The zero-order valence-electron chi connectivity index (χ0n) is 11.2. The largest absolute Gasteiger partial charge is 0.320 e. The second-order valence-electron chi connectivity index (χ2n) is 4.98. The monoisotopic (exact) mass is 318 g/mol. The lowest BCUT2D eigenvalue weighted by Crippen LogP contribution is -2.43. The van der Waals surface area contributed by atoms with Crippen LogP contribution in [0, 0.1) is 11.6 Å². The van der Waals surface area contributed by atoms with Gasteiger partial charge < -0.3 is 10.6 Å². The van der Waals surface area contributed by atoms with E-state index in [4.69, 9.17) is 0 Å². The number of carbonyl (C=O) groups is 1. The first-order valence-electron chi connectivity index (χ1n) is 6.55. The van der Waals surface area contributed by atoms with Gasteiger partial charge in [0.1, 0.15) is 17.3 Å². The number of hydrogen-bond donors (Lipinski definition) is 2. The van der Waals surface area contributed by atoms with E-state index in [0.717, 1.165) is 12.1 Å². The summed E-state index contributed by atoms with van der Waals surface area (Å²) in [5, 5.41) is 4.94. The van der Waals surface area contributed by atoms with Gasteiger partial charge >= 0.3 is 0 Å². The topological polar surface area (TPSA) is 75.3 Å². The van der Waals surface area contributed by atoms with Crippen LogP contribution in [-0.2, 0) is 14.6 Å². The lowest BCUT2D eigenvalue weighted by Gasteiger charge is -2.22. The number of anilines is 1. The fourth-order valence-corrected chi connectivity index (χ4v) is 3.89. The first-order valence-corrected chi connectivity index (χ1v) is 8.37. The van der Waals surface area contributed by atoms with Crippen LogP contribution in [0.25, 0.3) is 0 Å². The Labute approximate surface area is 121 Å². The molecule has 1 saturated heterocycles. The summed E-state index contributed by atoms with van der Waals surface area (Å²) in [6.07, 6.45) is 1.20. The number of amides is 1. The van der Waals surface area contributed by atoms with E-state index in [2.05, 4.69) is 10.6 Å². The fraction of sp³-hybridized carbons (Fsp3) is 0.462. The van der Waals surface area contributed by atoms with Crippen LogP contribution in [0.15, 0.2) is 18.2 Å². The van der Waals surface area contributed by atoms with Crippen LogP contribution in [-0.4, -0.2) is 38.4 Å². The molecule has 1 aliphatic rings. The van der Waals surface area contributed by atoms with E-state index in [0.29, 0.717) is 12.8 Å². The number of sulfone groups is 1. The molecule has 0 saturated carbocycles. The Morgan fingerprint density at radius 2 is 1.95 bits per heavy atom. The highest BCUT2D eigenvalue weighted by molar-refractivity contribution is 7.91. The van der Waals surface area contributed by atoms with E-state index in [9.17, 15) is 22.0 Å². The third-order valence-corrected chi connectivity index (χ3v) is 5.06. The fourth-order valence-electron chi connectivity index (χ4n) is 2.22. The van der Waals surface area contributed by atoms with Gasteiger partial charge in [0.2, 0.25) is 5.91 Å². The third-order valence-electron chi connectivity index (χ3n) is 3.24. The Balaban J connectivity index is 1.88. The molecule has 1 unspecified atom stereocenters. The Morgan fingerprint density at radius 3 is 2.57 bits per heavy atom. The van der Waals surface area contributed by atoms with Crippen LogP contribution >= 0.6 is 0 Å². The van der Waals surface area contributed by atoms with Gasteiger partial charge in [-0.25, -0.2) is 17.2 Å². The molecule has 1 aromatic carbocycles. The van der Waals surface area contributed by atoms with E-state index in [1.54, 1.807) is 0 Å². The van der Waals surface area contributed by atoms with Gasteiger partial charge in [0.15, 0.2) is 9.84 Å². The Hall–Kier alpha value is -1.54. The standard InChI is InChI=1S/C13H16F2N2O3S/c14-10-4-1-5-11(15)13(10)17-12(18)7-16-9-3-2-6-21(19,20)8-9/h1,4-5,9,16H,2-3,6-8H2,(H,17,18). The number of nitrogens with one attached hydrogen (secondary N) is 2. The summed E-state index contributed by atoms with van der Waals surface area (Å²) in [5.41, 5.74) is -0.499. The van der Waals surface area contributed by atoms with Crippen LogP contribution in [0.3, 0.4) is 0 Å². The van der Waals surface area contributed by atoms with Crippen molar-refractivity contribution in [3.63, 3.8) is 0 Å². The Bertz CT molecular complexity index is 614. The van der Waals surface area contributed by atoms with Crippen molar-refractivity contribution in [1.82, 2.24) is 5.32 Å². The van der Waals surface area contributed by atoms with Crippen molar-refractivity contribution in [2.45, 2.75) is 18.9 Å². The average molecular weight is 318 g/mol. The summed E-state index contributed by atoms with van der Waals surface area (Å²) >= 11 is 0. The second-order valence-corrected chi connectivity index (χ2v) is 7.21. The number of para-hydroxylation sites is 1. The molecule has 0 aromatic heterocycles. The summed E-state index contributed by atoms with van der Waals surface area (Å²) in [5.74, 6) is -2.19. The van der Waals surface area contributed by atoms with Gasteiger partial charge in [-0.15, -0.1) is 0 Å². The first kappa shape index (κ1) is 15.8. The van der Waals surface area contributed by atoms with Gasteiger partial charge in [0, 0.05) is 6.04 Å². The molecule has 21 heavy (non-hydrogen) atoms. The van der Waals surface area contributed by atoms with Crippen molar-refractivity contribution >= 4 is 21.4 Å². The average Bonchev–Trinajstić information content (AvgIpc) is 2.40. The van der Waals surface area contributed by atoms with E-state index in [-0.39, 0.29) is 24.1 Å². The predicted molar refractivity (Wildman–Crippen MR) is 74.7 cm³/mol. The van der Waals surface area contributed by atoms with E-state index in [1.165, 1.54) is 6.07 Å². The third kappa shape index (κ3) is 4.47. The van der Waals surface area contributed by atoms with Crippen LogP contribution < -0.4 is 10.6 Å². The second kappa shape index (κ2) is 6.48. The minimum atomic E-state index is -3.07. The number of benzene rings is 1. The maximum absolute atomic E-state index is 13.4. The zero-order chi connectivity index (χ0) is 15.5. The predicted octanol–water partition coefficient (Wildman–Crippen LogP) is 1.07. The molecule has 8 heteroatoms. The van der Waals surface area contributed by atoms with Crippen LogP contribution in [0.1, 0.15) is 12.8 Å². The van der Waals surface area contributed by atoms with E-state index >= 15 is 0 Å². The van der Waals surface area contributed by atoms with Crippen LogP contribution in [0.4, 0.5) is 14.5 Å². The zero-order valence-corrected chi connectivity index (χ0v) is 12.1. The van der Waals surface area contributed by atoms with Crippen molar-refractivity contribution in [3.05, 3.63) is 29.8 Å². The molecule has 1 aliphatic heterocycles. The van der Waals surface area contributed by atoms with E-state index < -0.39 is 33.1 Å². The lowest BCUT2D eigenvalue weighted by atomic mass is 10.2. The van der Waals surface area contributed by atoms with Crippen molar-refractivity contribution in [1.29, 1.82) is 0 Å². The number of halogens is 2. The van der Waals surface area contributed by atoms with Crippen molar-refractivity contribution in [3.8, 4) is 0 Å². The summed E-state index contributed by atoms with van der Waals surface area (Å²) in [7, 11) is -3.07. The molecule has 0 aliphatic carbocycles. The molecule has 2 rings (SSSR count). The summed E-state index contributed by atoms with van der Waals surface area (Å²) in [6.45, 7) is -0.200. The molecule has 116 valence electrons. The van der Waals surface area contributed by atoms with Gasteiger partial charge in [0.25, 0.3) is 0 Å². The highest BCUT2D eigenvalue weighted by Gasteiger charge is 2.24. The normalized spacial score (nSPS) is 21.0. The van der Waals surface area contributed by atoms with Gasteiger partial charge in [-0.2, -0.15) is 0 Å². The summed E-state index contributed by atoms with van der Waals surface area (Å²) in [4.78, 5) is 11.7. The molecule has 1 heterocycles. The minimum Gasteiger partial charge on any atom is -0.320 e. The van der Waals surface area contributed by atoms with Gasteiger partial charge in [-0.3, -0.25) is 4.79 Å². The van der Waals surface area contributed by atoms with Gasteiger partial charge in [-0.1, -0.05) is 6.07 Å². The Morgan fingerprint density at radius 1 is 1.29 bits per heavy atom. The van der Waals surface area contributed by atoms with Crippen molar-refractivity contribution in [2.75, 3.05) is 23.4 Å². The Kier molecular flexibility index (Phi) is 4.89. The maximum atomic E-state index is 13.4.